The van der Waals surface area contributed by atoms with E-state index in [9.17, 15) is 9.90 Å². The molecule has 1 fully saturated rings. The molecule has 0 radical (unpaired) electrons. The fourth-order valence-electron chi connectivity index (χ4n) is 3.34. The van der Waals surface area contributed by atoms with E-state index >= 15 is 0 Å². The van der Waals surface area contributed by atoms with Crippen molar-refractivity contribution in [1.29, 1.82) is 0 Å². The van der Waals surface area contributed by atoms with E-state index in [2.05, 4.69) is 15.4 Å². The SMILES string of the molecule is CN=C(NCc1cc(C)c(O)c(C)c1)N1CCN(c2cnn(C)c2)C(=O)C1. The number of aliphatic imine (C=N–C) groups is 1. The van der Waals surface area contributed by atoms with Crippen LogP contribution in [0.15, 0.2) is 29.5 Å². The summed E-state index contributed by atoms with van der Waals surface area (Å²) in [5.41, 5.74) is 3.58. The lowest BCUT2D eigenvalue weighted by atomic mass is 10.1. The number of aromatic nitrogens is 2. The first-order valence-electron chi connectivity index (χ1n) is 8.92. The topological polar surface area (TPSA) is 86.0 Å². The minimum Gasteiger partial charge on any atom is -0.507 e. The molecule has 3 rings (SSSR count). The number of phenols is 1. The van der Waals surface area contributed by atoms with Gasteiger partial charge in [-0.3, -0.25) is 14.5 Å². The molecule has 0 spiro atoms. The Morgan fingerprint density at radius 2 is 2.00 bits per heavy atom. The fourth-order valence-corrected chi connectivity index (χ4v) is 3.34. The molecule has 2 aromatic rings. The number of phenolic OH excluding ortho intramolecular Hbond substituents is 1. The van der Waals surface area contributed by atoms with Gasteiger partial charge in [-0.25, -0.2) is 0 Å². The number of guanidine groups is 1. The first-order chi connectivity index (χ1) is 12.9. The molecule has 0 atom stereocenters. The second kappa shape index (κ2) is 7.69. The number of nitrogens with one attached hydrogen (secondary N) is 1. The molecule has 1 aromatic carbocycles. The van der Waals surface area contributed by atoms with Crippen molar-refractivity contribution in [2.24, 2.45) is 12.0 Å². The van der Waals surface area contributed by atoms with Gasteiger partial charge in [0.2, 0.25) is 5.91 Å². The van der Waals surface area contributed by atoms with Crippen LogP contribution in [-0.4, -0.2) is 58.3 Å². The molecular formula is C19H26N6O2. The molecule has 0 saturated carbocycles. The zero-order valence-corrected chi connectivity index (χ0v) is 16.2. The number of carbonyl (C=O) groups excluding carboxylic acids is 1. The molecule has 1 aromatic heterocycles. The number of rotatable bonds is 3. The zero-order chi connectivity index (χ0) is 19.6. The quantitative estimate of drug-likeness (QED) is 0.626. The summed E-state index contributed by atoms with van der Waals surface area (Å²) in [6.45, 7) is 5.89. The normalized spacial score (nSPS) is 15.4. The summed E-state index contributed by atoms with van der Waals surface area (Å²) in [6.07, 6.45) is 3.55. The van der Waals surface area contributed by atoms with Crippen LogP contribution in [0.1, 0.15) is 16.7 Å². The number of carbonyl (C=O) groups is 1. The number of benzene rings is 1. The number of amides is 1. The van der Waals surface area contributed by atoms with Crippen molar-refractivity contribution in [2.45, 2.75) is 20.4 Å². The van der Waals surface area contributed by atoms with Crippen LogP contribution in [0.2, 0.25) is 0 Å². The maximum Gasteiger partial charge on any atom is 0.246 e. The average Bonchev–Trinajstić information content (AvgIpc) is 3.06. The molecule has 0 bridgehead atoms. The van der Waals surface area contributed by atoms with E-state index in [1.807, 2.05) is 44.1 Å². The highest BCUT2D eigenvalue weighted by atomic mass is 16.3. The maximum atomic E-state index is 12.6. The Morgan fingerprint density at radius 3 is 2.56 bits per heavy atom. The Kier molecular flexibility index (Phi) is 5.34. The third kappa shape index (κ3) is 4.05. The molecular weight excluding hydrogens is 344 g/mol. The number of anilines is 1. The first kappa shape index (κ1) is 18.8. The van der Waals surface area contributed by atoms with Gasteiger partial charge in [0.25, 0.3) is 0 Å². The molecule has 8 nitrogen and oxygen atoms in total. The lowest BCUT2D eigenvalue weighted by Gasteiger charge is -2.35. The smallest absolute Gasteiger partial charge is 0.246 e. The molecule has 144 valence electrons. The van der Waals surface area contributed by atoms with Crippen molar-refractivity contribution < 1.29 is 9.90 Å². The second-order valence-corrected chi connectivity index (χ2v) is 6.82. The van der Waals surface area contributed by atoms with Gasteiger partial charge in [0, 0.05) is 39.9 Å². The van der Waals surface area contributed by atoms with Gasteiger partial charge >= 0.3 is 0 Å². The Hall–Kier alpha value is -3.03. The van der Waals surface area contributed by atoms with E-state index in [1.54, 1.807) is 22.8 Å². The molecule has 2 N–H and O–H groups in total. The molecule has 0 aliphatic carbocycles. The summed E-state index contributed by atoms with van der Waals surface area (Å²) in [4.78, 5) is 20.6. The largest absolute Gasteiger partial charge is 0.507 e. The fraction of sp³-hybridized carbons (Fsp3) is 0.421. The van der Waals surface area contributed by atoms with Gasteiger partial charge in [0.05, 0.1) is 11.9 Å². The molecule has 1 saturated heterocycles. The van der Waals surface area contributed by atoms with Crippen molar-refractivity contribution in [3.8, 4) is 5.75 Å². The van der Waals surface area contributed by atoms with Crippen LogP contribution in [0, 0.1) is 13.8 Å². The Bertz CT molecular complexity index is 850. The van der Waals surface area contributed by atoms with Gasteiger partial charge in [0.15, 0.2) is 5.96 Å². The number of hydrogen-bond donors (Lipinski definition) is 2. The zero-order valence-electron chi connectivity index (χ0n) is 16.2. The minimum atomic E-state index is 0.0218. The number of piperazine rings is 1. The van der Waals surface area contributed by atoms with Gasteiger partial charge in [-0.1, -0.05) is 12.1 Å². The molecule has 1 amide bonds. The molecule has 2 heterocycles. The second-order valence-electron chi connectivity index (χ2n) is 6.82. The van der Waals surface area contributed by atoms with E-state index in [4.69, 9.17) is 0 Å². The average molecular weight is 370 g/mol. The summed E-state index contributed by atoms with van der Waals surface area (Å²) in [6, 6.07) is 3.90. The van der Waals surface area contributed by atoms with Crippen molar-refractivity contribution in [3.05, 3.63) is 41.2 Å². The number of aromatic hydroxyl groups is 1. The molecule has 0 unspecified atom stereocenters. The number of aryl methyl sites for hydroxylation is 3. The van der Waals surface area contributed by atoms with Crippen LogP contribution >= 0.6 is 0 Å². The van der Waals surface area contributed by atoms with E-state index < -0.39 is 0 Å². The van der Waals surface area contributed by atoms with Crippen LogP contribution < -0.4 is 10.2 Å². The molecule has 1 aliphatic rings. The minimum absolute atomic E-state index is 0.0218. The van der Waals surface area contributed by atoms with Crippen molar-refractivity contribution >= 4 is 17.6 Å². The molecule has 8 heteroatoms. The third-order valence-corrected chi connectivity index (χ3v) is 4.74. The van der Waals surface area contributed by atoms with Gasteiger partial charge in [-0.2, -0.15) is 5.10 Å². The third-order valence-electron chi connectivity index (χ3n) is 4.74. The highest BCUT2D eigenvalue weighted by molar-refractivity contribution is 5.98. The van der Waals surface area contributed by atoms with Crippen LogP contribution in [0.3, 0.4) is 0 Å². The van der Waals surface area contributed by atoms with Gasteiger partial charge in [-0.15, -0.1) is 0 Å². The first-order valence-corrected chi connectivity index (χ1v) is 8.92. The summed E-state index contributed by atoms with van der Waals surface area (Å²) in [5.74, 6) is 1.05. The maximum absolute atomic E-state index is 12.6. The van der Waals surface area contributed by atoms with Crippen LogP contribution in [0.25, 0.3) is 0 Å². The monoisotopic (exact) mass is 370 g/mol. The Balaban J connectivity index is 1.63. The Labute approximate surface area is 159 Å². The standard InChI is InChI=1S/C19H26N6O2/c1-13-7-15(8-14(2)18(13)27)9-21-19(20-3)24-5-6-25(17(26)12-24)16-10-22-23(4)11-16/h7-8,10-11,27H,5-6,9,12H2,1-4H3,(H,20,21). The highest BCUT2D eigenvalue weighted by Crippen LogP contribution is 2.23. The van der Waals surface area contributed by atoms with Crippen LogP contribution in [0.4, 0.5) is 5.69 Å². The van der Waals surface area contributed by atoms with Gasteiger partial charge in [0.1, 0.15) is 12.3 Å². The van der Waals surface area contributed by atoms with Gasteiger partial charge in [-0.05, 0) is 30.5 Å². The highest BCUT2D eigenvalue weighted by Gasteiger charge is 2.27. The molecule has 1 aliphatic heterocycles. The lowest BCUT2D eigenvalue weighted by Crippen LogP contribution is -2.55. The van der Waals surface area contributed by atoms with Crippen molar-refractivity contribution in [1.82, 2.24) is 20.0 Å². The van der Waals surface area contributed by atoms with E-state index in [-0.39, 0.29) is 12.5 Å². The number of hydrogen-bond acceptors (Lipinski definition) is 4. The summed E-state index contributed by atoms with van der Waals surface area (Å²) in [7, 11) is 3.55. The van der Waals surface area contributed by atoms with Crippen LogP contribution in [-0.2, 0) is 18.4 Å². The van der Waals surface area contributed by atoms with Crippen molar-refractivity contribution in [3.63, 3.8) is 0 Å². The van der Waals surface area contributed by atoms with E-state index in [0.29, 0.717) is 31.3 Å². The summed E-state index contributed by atoms with van der Waals surface area (Å²) >= 11 is 0. The lowest BCUT2D eigenvalue weighted by molar-refractivity contribution is -0.120. The van der Waals surface area contributed by atoms with E-state index in [0.717, 1.165) is 22.4 Å². The number of nitrogens with zero attached hydrogens (tertiary/aromatic N) is 5. The van der Waals surface area contributed by atoms with Gasteiger partial charge < -0.3 is 20.2 Å². The van der Waals surface area contributed by atoms with Crippen LogP contribution in [0.5, 0.6) is 5.75 Å². The Morgan fingerprint density at radius 1 is 1.30 bits per heavy atom. The predicted molar refractivity (Wildman–Crippen MR) is 105 cm³/mol. The van der Waals surface area contributed by atoms with E-state index in [1.165, 1.54) is 0 Å². The van der Waals surface area contributed by atoms with Crippen molar-refractivity contribution in [2.75, 3.05) is 31.6 Å². The summed E-state index contributed by atoms with van der Waals surface area (Å²) < 4.78 is 1.69. The molecule has 27 heavy (non-hydrogen) atoms. The summed E-state index contributed by atoms with van der Waals surface area (Å²) in [5, 5.41) is 17.4. The predicted octanol–water partition coefficient (Wildman–Crippen LogP) is 1.17.